The zero-order valence-electron chi connectivity index (χ0n) is 19.4. The Hall–Kier alpha value is -2.76. The van der Waals surface area contributed by atoms with Crippen LogP contribution in [0.3, 0.4) is 0 Å². The second kappa shape index (κ2) is 9.37. The third-order valence-corrected chi connectivity index (χ3v) is 4.60. The number of amides is 1. The Morgan fingerprint density at radius 2 is 1.87 bits per heavy atom. The van der Waals surface area contributed by atoms with Gasteiger partial charge >= 0.3 is 0 Å². The van der Waals surface area contributed by atoms with Gasteiger partial charge in [0.2, 0.25) is 5.91 Å². The molecule has 0 spiro atoms. The second-order valence-corrected chi connectivity index (χ2v) is 9.45. The van der Waals surface area contributed by atoms with Crippen molar-refractivity contribution in [2.24, 2.45) is 5.41 Å². The van der Waals surface area contributed by atoms with Gasteiger partial charge in [-0.1, -0.05) is 32.0 Å². The Morgan fingerprint density at radius 3 is 2.43 bits per heavy atom. The van der Waals surface area contributed by atoms with Crippen molar-refractivity contribution in [1.29, 1.82) is 0 Å². The lowest BCUT2D eigenvalue weighted by Gasteiger charge is -2.32. The minimum absolute atomic E-state index is 0.123. The second-order valence-electron chi connectivity index (χ2n) is 9.45. The Morgan fingerprint density at radius 1 is 1.17 bits per heavy atom. The predicted octanol–water partition coefficient (Wildman–Crippen LogP) is 5.22. The summed E-state index contributed by atoms with van der Waals surface area (Å²) in [6.45, 7) is 14.7. The molecule has 164 valence electrons. The SMILES string of the molecule is COc1cc(/C=C/C(=O)NC(C)(C)CC(C)(C)C)ccc1OCc1c(C)noc1C. The number of carbonyl (C=O) groups is 1. The highest BCUT2D eigenvalue weighted by atomic mass is 16.5. The zero-order chi connectivity index (χ0) is 22.5. The van der Waals surface area contributed by atoms with Crippen LogP contribution in [-0.4, -0.2) is 23.7 Å². The van der Waals surface area contributed by atoms with Gasteiger partial charge in [0, 0.05) is 11.6 Å². The van der Waals surface area contributed by atoms with Crippen LogP contribution in [0.15, 0.2) is 28.8 Å². The van der Waals surface area contributed by atoms with Crippen molar-refractivity contribution in [3.8, 4) is 11.5 Å². The highest BCUT2D eigenvalue weighted by Gasteiger charge is 2.26. The summed E-state index contributed by atoms with van der Waals surface area (Å²) >= 11 is 0. The number of methoxy groups -OCH3 is 1. The molecule has 1 heterocycles. The van der Waals surface area contributed by atoms with Crippen molar-refractivity contribution in [3.63, 3.8) is 0 Å². The van der Waals surface area contributed by atoms with Gasteiger partial charge in [-0.3, -0.25) is 4.79 Å². The standard InChI is InChI=1S/C24H34N2O4/c1-16-19(17(2)30-26-16)14-29-20-11-9-18(13-21(20)28-8)10-12-22(27)25-24(6,7)15-23(3,4)5/h9-13H,14-15H2,1-8H3,(H,25,27)/b12-10+. The molecule has 0 fully saturated rings. The molecule has 0 unspecified atom stereocenters. The van der Waals surface area contributed by atoms with Crippen LogP contribution in [0.5, 0.6) is 11.5 Å². The number of nitrogens with one attached hydrogen (secondary N) is 1. The molecule has 0 aliphatic heterocycles. The fourth-order valence-electron chi connectivity index (χ4n) is 3.68. The average Bonchev–Trinajstić information content (AvgIpc) is 2.94. The van der Waals surface area contributed by atoms with Crippen LogP contribution < -0.4 is 14.8 Å². The largest absolute Gasteiger partial charge is 0.493 e. The molecule has 0 atom stereocenters. The molecule has 0 aliphatic rings. The molecule has 0 radical (unpaired) electrons. The molecule has 1 N–H and O–H groups in total. The third kappa shape index (κ3) is 6.94. The molecule has 0 bridgehead atoms. The zero-order valence-corrected chi connectivity index (χ0v) is 19.4. The molecule has 0 saturated carbocycles. The van der Waals surface area contributed by atoms with E-state index in [1.807, 2.05) is 45.9 Å². The average molecular weight is 415 g/mol. The number of rotatable bonds is 8. The summed E-state index contributed by atoms with van der Waals surface area (Å²) in [4.78, 5) is 12.4. The van der Waals surface area contributed by atoms with E-state index in [4.69, 9.17) is 14.0 Å². The number of ether oxygens (including phenoxy) is 2. The topological polar surface area (TPSA) is 73.6 Å². The number of hydrogen-bond acceptors (Lipinski definition) is 5. The number of benzene rings is 1. The van der Waals surface area contributed by atoms with Crippen molar-refractivity contribution >= 4 is 12.0 Å². The number of aromatic nitrogens is 1. The van der Waals surface area contributed by atoms with E-state index in [2.05, 4.69) is 31.2 Å². The van der Waals surface area contributed by atoms with Gasteiger partial charge in [0.1, 0.15) is 12.4 Å². The van der Waals surface area contributed by atoms with Crippen LogP contribution >= 0.6 is 0 Å². The molecule has 1 aromatic carbocycles. The van der Waals surface area contributed by atoms with Crippen molar-refractivity contribution < 1.29 is 18.8 Å². The monoisotopic (exact) mass is 414 g/mol. The maximum absolute atomic E-state index is 12.4. The first kappa shape index (κ1) is 23.5. The molecule has 1 aromatic heterocycles. The summed E-state index contributed by atoms with van der Waals surface area (Å²) in [6.07, 6.45) is 4.19. The van der Waals surface area contributed by atoms with Crippen molar-refractivity contribution in [1.82, 2.24) is 10.5 Å². The minimum atomic E-state index is -0.284. The molecular formula is C24H34N2O4. The van der Waals surface area contributed by atoms with Crippen LogP contribution in [-0.2, 0) is 11.4 Å². The van der Waals surface area contributed by atoms with Gasteiger partial charge in [0.15, 0.2) is 11.5 Å². The maximum Gasteiger partial charge on any atom is 0.244 e. The summed E-state index contributed by atoms with van der Waals surface area (Å²) in [5, 5.41) is 7.01. The molecule has 6 nitrogen and oxygen atoms in total. The fourth-order valence-corrected chi connectivity index (χ4v) is 3.68. The summed E-state index contributed by atoms with van der Waals surface area (Å²) in [7, 11) is 1.59. The Balaban J connectivity index is 2.04. The Bertz CT molecular complexity index is 885. The minimum Gasteiger partial charge on any atom is -0.493 e. The smallest absolute Gasteiger partial charge is 0.244 e. The summed E-state index contributed by atoms with van der Waals surface area (Å²) in [5.41, 5.74) is 2.43. The van der Waals surface area contributed by atoms with E-state index >= 15 is 0 Å². The summed E-state index contributed by atoms with van der Waals surface area (Å²) in [6, 6.07) is 5.56. The van der Waals surface area contributed by atoms with Crippen molar-refractivity contribution in [2.45, 2.75) is 67.0 Å². The maximum atomic E-state index is 12.4. The Labute approximate surface area is 179 Å². The van der Waals surface area contributed by atoms with Crippen LogP contribution in [0.2, 0.25) is 0 Å². The lowest BCUT2D eigenvalue weighted by atomic mass is 9.82. The van der Waals surface area contributed by atoms with E-state index in [0.29, 0.717) is 18.1 Å². The van der Waals surface area contributed by atoms with Gasteiger partial charge < -0.3 is 19.3 Å². The lowest BCUT2D eigenvalue weighted by Crippen LogP contribution is -2.45. The van der Waals surface area contributed by atoms with Crippen LogP contribution in [0.25, 0.3) is 6.08 Å². The summed E-state index contributed by atoms with van der Waals surface area (Å²) in [5.74, 6) is 1.83. The number of carbonyl (C=O) groups excluding carboxylic acids is 1. The summed E-state index contributed by atoms with van der Waals surface area (Å²) < 4.78 is 16.5. The van der Waals surface area contributed by atoms with E-state index in [1.54, 1.807) is 19.3 Å². The van der Waals surface area contributed by atoms with Gasteiger partial charge in [0.25, 0.3) is 0 Å². The van der Waals surface area contributed by atoms with E-state index in [-0.39, 0.29) is 16.9 Å². The van der Waals surface area contributed by atoms with Gasteiger partial charge in [-0.25, -0.2) is 0 Å². The predicted molar refractivity (Wildman–Crippen MR) is 119 cm³/mol. The molecule has 1 amide bonds. The number of hydrogen-bond donors (Lipinski definition) is 1. The van der Waals surface area contributed by atoms with Gasteiger partial charge in [0.05, 0.1) is 18.4 Å². The number of aryl methyl sites for hydroxylation is 2. The van der Waals surface area contributed by atoms with E-state index in [9.17, 15) is 4.79 Å². The quantitative estimate of drug-likeness (QED) is 0.599. The van der Waals surface area contributed by atoms with Crippen molar-refractivity contribution in [3.05, 3.63) is 46.9 Å². The van der Waals surface area contributed by atoms with Crippen molar-refractivity contribution in [2.75, 3.05) is 7.11 Å². The van der Waals surface area contributed by atoms with E-state index < -0.39 is 0 Å². The number of nitrogens with zero attached hydrogens (tertiary/aromatic N) is 1. The first-order valence-electron chi connectivity index (χ1n) is 10.1. The molecule has 0 aliphatic carbocycles. The molecule has 2 aromatic rings. The molecule has 30 heavy (non-hydrogen) atoms. The van der Waals surface area contributed by atoms with Crippen LogP contribution in [0.4, 0.5) is 0 Å². The van der Waals surface area contributed by atoms with E-state index in [0.717, 1.165) is 29.0 Å². The van der Waals surface area contributed by atoms with Crippen LogP contribution in [0, 0.1) is 19.3 Å². The molecular weight excluding hydrogens is 380 g/mol. The Kier molecular flexibility index (Phi) is 7.34. The highest BCUT2D eigenvalue weighted by Crippen LogP contribution is 2.30. The first-order valence-corrected chi connectivity index (χ1v) is 10.1. The third-order valence-electron chi connectivity index (χ3n) is 4.60. The molecule has 2 rings (SSSR count). The normalized spacial score (nSPS) is 12.3. The van der Waals surface area contributed by atoms with Gasteiger partial charge in [-0.05, 0) is 63.3 Å². The van der Waals surface area contributed by atoms with Gasteiger partial charge in [-0.2, -0.15) is 0 Å². The highest BCUT2D eigenvalue weighted by molar-refractivity contribution is 5.92. The molecule has 0 saturated heterocycles. The first-order chi connectivity index (χ1) is 13.9. The van der Waals surface area contributed by atoms with E-state index in [1.165, 1.54) is 0 Å². The lowest BCUT2D eigenvalue weighted by molar-refractivity contribution is -0.118. The fraction of sp³-hybridized carbons (Fsp3) is 0.500. The molecule has 6 heteroatoms. The van der Waals surface area contributed by atoms with Gasteiger partial charge in [-0.15, -0.1) is 0 Å². The van der Waals surface area contributed by atoms with Crippen LogP contribution in [0.1, 0.15) is 63.6 Å².